The second kappa shape index (κ2) is 6.98. The van der Waals surface area contributed by atoms with E-state index in [2.05, 4.69) is 10.0 Å². The van der Waals surface area contributed by atoms with Crippen LogP contribution in [0, 0.1) is 5.92 Å². The van der Waals surface area contributed by atoms with Gasteiger partial charge >= 0.3 is 0 Å². The zero-order valence-electron chi connectivity index (χ0n) is 14.3. The molecule has 4 N–H and O–H groups in total. The molecule has 0 aliphatic heterocycles. The second-order valence-corrected chi connectivity index (χ2v) is 8.33. The van der Waals surface area contributed by atoms with Crippen molar-refractivity contribution in [3.8, 4) is 5.75 Å². The van der Waals surface area contributed by atoms with Crippen molar-refractivity contribution in [1.82, 2.24) is 0 Å². The SMILES string of the molecule is COc1cc(NC(=O)C2CCCCC2(C)N)ccc1NS(C)(=O)=O. The lowest BCUT2D eigenvalue weighted by Gasteiger charge is -2.37. The topological polar surface area (TPSA) is 111 Å². The molecule has 7 nitrogen and oxygen atoms in total. The van der Waals surface area contributed by atoms with E-state index in [1.54, 1.807) is 18.2 Å². The van der Waals surface area contributed by atoms with E-state index >= 15 is 0 Å². The molecule has 0 radical (unpaired) electrons. The Labute approximate surface area is 143 Å². The minimum absolute atomic E-state index is 0.120. The lowest BCUT2D eigenvalue weighted by molar-refractivity contribution is -0.122. The van der Waals surface area contributed by atoms with Crippen LogP contribution in [0.3, 0.4) is 0 Å². The van der Waals surface area contributed by atoms with E-state index < -0.39 is 15.6 Å². The minimum Gasteiger partial charge on any atom is -0.494 e. The number of amides is 1. The maximum Gasteiger partial charge on any atom is 0.229 e. The number of hydrogen-bond donors (Lipinski definition) is 3. The highest BCUT2D eigenvalue weighted by Crippen LogP contribution is 2.33. The Kier molecular flexibility index (Phi) is 5.39. The third kappa shape index (κ3) is 4.61. The quantitative estimate of drug-likeness (QED) is 0.747. The van der Waals surface area contributed by atoms with E-state index in [1.807, 2.05) is 6.92 Å². The van der Waals surface area contributed by atoms with E-state index in [1.165, 1.54) is 7.11 Å². The fourth-order valence-electron chi connectivity index (χ4n) is 3.07. The highest BCUT2D eigenvalue weighted by molar-refractivity contribution is 7.92. The van der Waals surface area contributed by atoms with E-state index in [0.29, 0.717) is 17.1 Å². The fraction of sp³-hybridized carbons (Fsp3) is 0.562. The van der Waals surface area contributed by atoms with Crippen molar-refractivity contribution in [3.63, 3.8) is 0 Å². The van der Waals surface area contributed by atoms with E-state index in [-0.39, 0.29) is 11.8 Å². The van der Waals surface area contributed by atoms with Gasteiger partial charge in [0.25, 0.3) is 0 Å². The molecule has 0 heterocycles. The van der Waals surface area contributed by atoms with Crippen LogP contribution in [0.4, 0.5) is 11.4 Å². The largest absolute Gasteiger partial charge is 0.494 e. The summed E-state index contributed by atoms with van der Waals surface area (Å²) in [5.41, 5.74) is 6.61. The average Bonchev–Trinajstić information content (AvgIpc) is 2.46. The molecule has 1 saturated carbocycles. The molecule has 1 aromatic carbocycles. The van der Waals surface area contributed by atoms with Gasteiger partial charge < -0.3 is 15.8 Å². The van der Waals surface area contributed by atoms with Gasteiger partial charge in [-0.1, -0.05) is 12.8 Å². The van der Waals surface area contributed by atoms with Gasteiger partial charge in [-0.3, -0.25) is 9.52 Å². The number of nitrogens with one attached hydrogen (secondary N) is 2. The molecule has 0 aromatic heterocycles. The van der Waals surface area contributed by atoms with Gasteiger partial charge in [-0.25, -0.2) is 8.42 Å². The Hall–Kier alpha value is -1.80. The summed E-state index contributed by atoms with van der Waals surface area (Å²) in [6, 6.07) is 4.77. The molecule has 24 heavy (non-hydrogen) atoms. The smallest absolute Gasteiger partial charge is 0.229 e. The van der Waals surface area contributed by atoms with Gasteiger partial charge in [-0.15, -0.1) is 0 Å². The summed E-state index contributed by atoms with van der Waals surface area (Å²) in [6.45, 7) is 1.91. The molecule has 0 spiro atoms. The Morgan fingerprint density at radius 2 is 2.08 bits per heavy atom. The summed E-state index contributed by atoms with van der Waals surface area (Å²) >= 11 is 0. The van der Waals surface area contributed by atoms with Crippen molar-refractivity contribution in [3.05, 3.63) is 18.2 Å². The number of hydrogen-bond acceptors (Lipinski definition) is 5. The molecule has 1 aliphatic rings. The highest BCUT2D eigenvalue weighted by atomic mass is 32.2. The van der Waals surface area contributed by atoms with Gasteiger partial charge in [-0.05, 0) is 31.9 Å². The lowest BCUT2D eigenvalue weighted by Crippen LogP contribution is -2.51. The first-order chi connectivity index (χ1) is 11.1. The van der Waals surface area contributed by atoms with E-state index in [4.69, 9.17) is 10.5 Å². The van der Waals surface area contributed by atoms with Gasteiger partial charge in [0.15, 0.2) is 0 Å². The monoisotopic (exact) mass is 355 g/mol. The molecule has 2 atom stereocenters. The van der Waals surface area contributed by atoms with Crippen molar-refractivity contribution < 1.29 is 17.9 Å². The Bertz CT molecular complexity index is 716. The van der Waals surface area contributed by atoms with Gasteiger partial charge in [0, 0.05) is 17.3 Å². The van der Waals surface area contributed by atoms with Crippen LogP contribution in [0.2, 0.25) is 0 Å². The summed E-state index contributed by atoms with van der Waals surface area (Å²) in [6.07, 6.45) is 4.68. The number of benzene rings is 1. The molecular weight excluding hydrogens is 330 g/mol. The average molecular weight is 355 g/mol. The standard InChI is InChI=1S/C16H25N3O4S/c1-16(17)9-5-4-6-12(16)15(20)18-11-7-8-13(14(10-11)23-2)19-24(3,21)22/h7-8,10,12,19H,4-6,9,17H2,1-3H3,(H,18,20). The molecule has 1 aromatic rings. The summed E-state index contributed by atoms with van der Waals surface area (Å²) in [5.74, 6) is -0.0333. The van der Waals surface area contributed by atoms with Gasteiger partial charge in [-0.2, -0.15) is 0 Å². The first-order valence-electron chi connectivity index (χ1n) is 7.88. The van der Waals surface area contributed by atoms with E-state index in [0.717, 1.165) is 31.9 Å². The number of sulfonamides is 1. The Morgan fingerprint density at radius 1 is 1.38 bits per heavy atom. The maximum absolute atomic E-state index is 12.6. The summed E-state index contributed by atoms with van der Waals surface area (Å²) in [4.78, 5) is 12.6. The summed E-state index contributed by atoms with van der Waals surface area (Å²) in [5, 5.41) is 2.86. The minimum atomic E-state index is -3.41. The molecule has 8 heteroatoms. The zero-order valence-corrected chi connectivity index (χ0v) is 15.1. The molecule has 1 aliphatic carbocycles. The molecule has 1 fully saturated rings. The van der Waals surface area contributed by atoms with Crippen LogP contribution in [0.5, 0.6) is 5.75 Å². The summed E-state index contributed by atoms with van der Waals surface area (Å²) in [7, 11) is -1.98. The number of methoxy groups -OCH3 is 1. The number of nitrogens with two attached hydrogens (primary N) is 1. The number of rotatable bonds is 5. The van der Waals surface area contributed by atoms with Crippen molar-refractivity contribution in [2.75, 3.05) is 23.4 Å². The number of carbonyl (C=O) groups is 1. The normalized spacial score (nSPS) is 24.2. The van der Waals surface area contributed by atoms with Gasteiger partial charge in [0.1, 0.15) is 5.75 Å². The first-order valence-corrected chi connectivity index (χ1v) is 9.77. The van der Waals surface area contributed by atoms with Crippen LogP contribution in [0.1, 0.15) is 32.6 Å². The summed E-state index contributed by atoms with van der Waals surface area (Å²) < 4.78 is 30.3. The van der Waals surface area contributed by atoms with Crippen molar-refractivity contribution in [2.24, 2.45) is 11.7 Å². The van der Waals surface area contributed by atoms with Crippen molar-refractivity contribution >= 4 is 27.3 Å². The second-order valence-electron chi connectivity index (χ2n) is 6.58. The number of anilines is 2. The molecule has 0 saturated heterocycles. The fourth-order valence-corrected chi connectivity index (χ4v) is 3.64. The third-order valence-electron chi connectivity index (χ3n) is 4.34. The highest BCUT2D eigenvalue weighted by Gasteiger charge is 2.37. The Morgan fingerprint density at radius 3 is 2.67 bits per heavy atom. The predicted molar refractivity (Wildman–Crippen MR) is 94.6 cm³/mol. The van der Waals surface area contributed by atoms with Crippen molar-refractivity contribution in [2.45, 2.75) is 38.1 Å². The number of ether oxygens (including phenoxy) is 1. The molecule has 134 valence electrons. The lowest BCUT2D eigenvalue weighted by atomic mass is 9.74. The molecule has 0 bridgehead atoms. The van der Waals surface area contributed by atoms with Crippen LogP contribution in [0.25, 0.3) is 0 Å². The predicted octanol–water partition coefficient (Wildman–Crippen LogP) is 1.91. The molecule has 1 amide bonds. The van der Waals surface area contributed by atoms with Crippen LogP contribution < -0.4 is 20.5 Å². The van der Waals surface area contributed by atoms with Crippen molar-refractivity contribution in [1.29, 1.82) is 0 Å². The van der Waals surface area contributed by atoms with E-state index in [9.17, 15) is 13.2 Å². The van der Waals surface area contributed by atoms with Crippen LogP contribution >= 0.6 is 0 Å². The maximum atomic E-state index is 12.6. The zero-order chi connectivity index (χ0) is 18.0. The van der Waals surface area contributed by atoms with Gasteiger partial charge in [0.05, 0.1) is 25.0 Å². The van der Waals surface area contributed by atoms with Gasteiger partial charge in [0.2, 0.25) is 15.9 Å². The molecule has 2 unspecified atom stereocenters. The third-order valence-corrected chi connectivity index (χ3v) is 4.93. The first kappa shape index (κ1) is 18.5. The molecular formula is C16H25N3O4S. The van der Waals surface area contributed by atoms with Crippen LogP contribution in [-0.2, 0) is 14.8 Å². The number of carbonyl (C=O) groups excluding carboxylic acids is 1. The Balaban J connectivity index is 2.16. The molecule has 2 rings (SSSR count). The van der Waals surface area contributed by atoms with Crippen LogP contribution in [-0.4, -0.2) is 33.2 Å². The van der Waals surface area contributed by atoms with Crippen LogP contribution in [0.15, 0.2) is 18.2 Å².